The van der Waals surface area contributed by atoms with Gasteiger partial charge in [-0.15, -0.1) is 0 Å². The van der Waals surface area contributed by atoms with E-state index in [0.717, 1.165) is 44.5 Å². The molecule has 1 aliphatic carbocycles. The number of hydrogen-bond donors (Lipinski definition) is 4. The number of aromatic nitrogens is 2. The van der Waals surface area contributed by atoms with Crippen LogP contribution >= 0.6 is 0 Å². The molecule has 0 radical (unpaired) electrons. The molecule has 208 valence electrons. The summed E-state index contributed by atoms with van der Waals surface area (Å²) in [4.78, 5) is 27.2. The standard InChI is InChI=1S/C28H36N6O5/c1-28(2,37)16-38-21-8-10-24-23(12-31-34(24)15-21)27(36)32-18-3-6-20(7-4-18)39-25-11-19(33-13-17(29)14-33)5-9-22(25)26(30)35/h5,8-12,15,17-18,20,37H,3-4,6-7,13-14,16,29H2,1-2H3,(H2,30,35)(H,32,36). The molecule has 11 nitrogen and oxygen atoms in total. The van der Waals surface area contributed by atoms with Crippen LogP contribution in [-0.2, 0) is 0 Å². The van der Waals surface area contributed by atoms with Crippen LogP contribution in [0.5, 0.6) is 11.5 Å². The van der Waals surface area contributed by atoms with Gasteiger partial charge in [-0.25, -0.2) is 4.52 Å². The first-order valence-electron chi connectivity index (χ1n) is 13.3. The number of hydrogen-bond acceptors (Lipinski definition) is 8. The Morgan fingerprint density at radius 1 is 1.13 bits per heavy atom. The highest BCUT2D eigenvalue weighted by molar-refractivity contribution is 6.00. The first-order valence-corrected chi connectivity index (χ1v) is 13.3. The Kier molecular flexibility index (Phi) is 7.37. The lowest BCUT2D eigenvalue weighted by atomic mass is 9.92. The van der Waals surface area contributed by atoms with Gasteiger partial charge in [0.15, 0.2) is 0 Å². The summed E-state index contributed by atoms with van der Waals surface area (Å²) in [6, 6.07) is 9.15. The highest BCUT2D eigenvalue weighted by Gasteiger charge is 2.28. The molecule has 1 aliphatic heterocycles. The van der Waals surface area contributed by atoms with Gasteiger partial charge in [0.25, 0.3) is 11.8 Å². The highest BCUT2D eigenvalue weighted by atomic mass is 16.5. The number of rotatable bonds is 9. The van der Waals surface area contributed by atoms with Crippen LogP contribution in [0.25, 0.3) is 5.52 Å². The fourth-order valence-corrected chi connectivity index (χ4v) is 4.99. The van der Waals surface area contributed by atoms with Crippen LogP contribution in [-0.4, -0.2) is 70.0 Å². The van der Waals surface area contributed by atoms with E-state index in [-0.39, 0.29) is 30.7 Å². The maximum Gasteiger partial charge on any atom is 0.255 e. The number of aliphatic hydroxyl groups is 1. The summed E-state index contributed by atoms with van der Waals surface area (Å²) in [5, 5.41) is 17.3. The molecular formula is C28H36N6O5. The number of ether oxygens (including phenoxy) is 2. The maximum absolute atomic E-state index is 13.1. The Balaban J connectivity index is 1.17. The van der Waals surface area contributed by atoms with Gasteiger partial charge in [-0.2, -0.15) is 5.10 Å². The normalized spacial score (nSPS) is 19.9. The quantitative estimate of drug-likeness (QED) is 0.323. The van der Waals surface area contributed by atoms with E-state index >= 15 is 0 Å². The number of carbonyl (C=O) groups is 2. The lowest BCUT2D eigenvalue weighted by Gasteiger charge is -2.39. The van der Waals surface area contributed by atoms with Crippen LogP contribution in [0, 0.1) is 0 Å². The van der Waals surface area contributed by atoms with Gasteiger partial charge < -0.3 is 36.3 Å². The van der Waals surface area contributed by atoms with Crippen LogP contribution in [0.1, 0.15) is 60.2 Å². The van der Waals surface area contributed by atoms with E-state index in [1.165, 1.54) is 0 Å². The van der Waals surface area contributed by atoms with Crippen LogP contribution < -0.4 is 31.2 Å². The zero-order chi connectivity index (χ0) is 27.7. The third kappa shape index (κ3) is 6.26. The molecule has 2 aromatic heterocycles. The summed E-state index contributed by atoms with van der Waals surface area (Å²) in [6.45, 7) is 5.01. The molecule has 1 saturated carbocycles. The largest absolute Gasteiger partial charge is 0.490 e. The fraction of sp³-hybridized carbons (Fsp3) is 0.464. The second kappa shape index (κ2) is 10.7. The zero-order valence-electron chi connectivity index (χ0n) is 22.3. The number of benzene rings is 1. The number of anilines is 1. The van der Waals surface area contributed by atoms with Crippen molar-refractivity contribution in [2.45, 2.75) is 63.3 Å². The molecule has 0 spiro atoms. The lowest BCUT2D eigenvalue weighted by Crippen LogP contribution is -2.55. The van der Waals surface area contributed by atoms with E-state index in [2.05, 4.69) is 15.3 Å². The van der Waals surface area contributed by atoms with E-state index < -0.39 is 11.5 Å². The molecule has 2 amide bonds. The highest BCUT2D eigenvalue weighted by Crippen LogP contribution is 2.31. The lowest BCUT2D eigenvalue weighted by molar-refractivity contribution is 0.0283. The molecule has 5 rings (SSSR count). The minimum Gasteiger partial charge on any atom is -0.490 e. The first-order chi connectivity index (χ1) is 18.6. The molecule has 1 saturated heterocycles. The van der Waals surface area contributed by atoms with Crippen LogP contribution in [0.3, 0.4) is 0 Å². The van der Waals surface area contributed by atoms with Gasteiger partial charge in [0.05, 0.1) is 40.7 Å². The van der Waals surface area contributed by atoms with Crippen LogP contribution in [0.2, 0.25) is 0 Å². The van der Waals surface area contributed by atoms with Gasteiger partial charge in [-0.05, 0) is 63.8 Å². The number of nitrogens with two attached hydrogens (primary N) is 2. The number of amides is 2. The van der Waals surface area contributed by atoms with Gasteiger partial charge in [0, 0.05) is 36.9 Å². The molecule has 0 atom stereocenters. The second-order valence-electron chi connectivity index (χ2n) is 11.1. The van der Waals surface area contributed by atoms with E-state index in [0.29, 0.717) is 28.1 Å². The van der Waals surface area contributed by atoms with Crippen LogP contribution in [0.4, 0.5) is 5.69 Å². The molecule has 3 heterocycles. The monoisotopic (exact) mass is 536 g/mol. The number of nitrogens with one attached hydrogen (secondary N) is 1. The molecule has 6 N–H and O–H groups in total. The summed E-state index contributed by atoms with van der Waals surface area (Å²) in [5.74, 6) is 0.333. The second-order valence-corrected chi connectivity index (χ2v) is 11.1. The average molecular weight is 537 g/mol. The topological polar surface area (TPSA) is 157 Å². The van der Waals surface area contributed by atoms with Crippen molar-refractivity contribution in [1.82, 2.24) is 14.9 Å². The molecule has 2 aliphatic rings. The van der Waals surface area contributed by atoms with Gasteiger partial charge in [0.2, 0.25) is 0 Å². The zero-order valence-corrected chi connectivity index (χ0v) is 22.3. The summed E-state index contributed by atoms with van der Waals surface area (Å²) in [7, 11) is 0. The number of pyridine rings is 1. The minimum absolute atomic E-state index is 0.00575. The Bertz CT molecular complexity index is 1350. The van der Waals surface area contributed by atoms with Crippen molar-refractivity contribution in [2.24, 2.45) is 11.5 Å². The predicted octanol–water partition coefficient (Wildman–Crippen LogP) is 1.85. The fourth-order valence-electron chi connectivity index (χ4n) is 4.99. The number of fused-ring (bicyclic) bond motifs is 1. The van der Waals surface area contributed by atoms with Crippen LogP contribution in [0.15, 0.2) is 42.7 Å². The third-order valence-corrected chi connectivity index (χ3v) is 7.13. The smallest absolute Gasteiger partial charge is 0.255 e. The number of nitrogens with zero attached hydrogens (tertiary/aromatic N) is 3. The summed E-state index contributed by atoms with van der Waals surface area (Å²) in [6.07, 6.45) is 6.12. The van der Waals surface area contributed by atoms with Crippen molar-refractivity contribution in [3.05, 3.63) is 53.9 Å². The van der Waals surface area contributed by atoms with Crippen molar-refractivity contribution in [1.29, 1.82) is 0 Å². The van der Waals surface area contributed by atoms with E-state index in [4.69, 9.17) is 20.9 Å². The third-order valence-electron chi connectivity index (χ3n) is 7.13. The Labute approximate surface area is 227 Å². The van der Waals surface area contributed by atoms with Gasteiger partial charge in [-0.1, -0.05) is 0 Å². The number of primary amides is 1. The first kappa shape index (κ1) is 26.8. The molecule has 3 aromatic rings. The summed E-state index contributed by atoms with van der Waals surface area (Å²) in [5.41, 5.74) is 13.0. The van der Waals surface area contributed by atoms with Crippen molar-refractivity contribution in [2.75, 3.05) is 24.6 Å². The average Bonchev–Trinajstić information content (AvgIpc) is 3.30. The van der Waals surface area contributed by atoms with Crippen molar-refractivity contribution < 1.29 is 24.2 Å². The maximum atomic E-state index is 13.1. The van der Waals surface area contributed by atoms with Crippen molar-refractivity contribution >= 4 is 23.0 Å². The molecule has 39 heavy (non-hydrogen) atoms. The van der Waals surface area contributed by atoms with Crippen molar-refractivity contribution in [3.63, 3.8) is 0 Å². The SMILES string of the molecule is CC(C)(O)COc1ccc2c(C(=O)NC3CCC(Oc4cc(N5CC(N)C5)ccc4C(N)=O)CC3)cnn2c1. The Hall–Kier alpha value is -3.83. The Morgan fingerprint density at radius 3 is 2.54 bits per heavy atom. The summed E-state index contributed by atoms with van der Waals surface area (Å²) >= 11 is 0. The molecule has 0 unspecified atom stereocenters. The molecule has 2 fully saturated rings. The molecule has 11 heteroatoms. The van der Waals surface area contributed by atoms with E-state index in [1.54, 1.807) is 49.0 Å². The van der Waals surface area contributed by atoms with E-state index in [9.17, 15) is 14.7 Å². The minimum atomic E-state index is -0.953. The van der Waals surface area contributed by atoms with Gasteiger partial charge in [-0.3, -0.25) is 9.59 Å². The predicted molar refractivity (Wildman–Crippen MR) is 146 cm³/mol. The molecular weight excluding hydrogens is 500 g/mol. The van der Waals surface area contributed by atoms with Crippen molar-refractivity contribution in [3.8, 4) is 11.5 Å². The molecule has 1 aromatic carbocycles. The van der Waals surface area contributed by atoms with E-state index in [1.807, 2.05) is 12.1 Å². The Morgan fingerprint density at radius 2 is 1.87 bits per heavy atom. The van der Waals surface area contributed by atoms with Gasteiger partial charge >= 0.3 is 0 Å². The van der Waals surface area contributed by atoms with Gasteiger partial charge in [0.1, 0.15) is 18.1 Å². The molecule has 0 bridgehead atoms. The number of carbonyl (C=O) groups excluding carboxylic acids is 2. The summed E-state index contributed by atoms with van der Waals surface area (Å²) < 4.78 is 13.5.